The maximum Gasteiger partial charge on any atom is 0.333 e. The van der Waals surface area contributed by atoms with E-state index in [2.05, 4.69) is 21.6 Å². The Bertz CT molecular complexity index is 952. The first-order valence-electron chi connectivity index (χ1n) is 8.75. The predicted octanol–water partition coefficient (Wildman–Crippen LogP) is 2.27. The molecule has 1 aromatic carbocycles. The summed E-state index contributed by atoms with van der Waals surface area (Å²) < 4.78 is 26.7. The number of hydrogen-bond acceptors (Lipinski definition) is 5. The molecule has 2 N–H and O–H groups in total. The van der Waals surface area contributed by atoms with Crippen LogP contribution in [-0.2, 0) is 35.7 Å². The Labute approximate surface area is 152 Å². The van der Waals surface area contributed by atoms with E-state index in [4.69, 9.17) is 0 Å². The fraction of sp³-hybridized carbons (Fsp3) is 0.389. The number of benzene rings is 1. The Morgan fingerprint density at radius 2 is 1.65 bits per heavy atom. The minimum absolute atomic E-state index is 0.276. The van der Waals surface area contributed by atoms with E-state index in [1.54, 1.807) is 6.92 Å². The van der Waals surface area contributed by atoms with Gasteiger partial charge in [0.25, 0.3) is 10.0 Å². The molecule has 2 aromatic rings. The molecule has 1 aromatic heterocycles. The topological polar surface area (TPSA) is 101 Å². The molecule has 0 spiro atoms. The van der Waals surface area contributed by atoms with Gasteiger partial charge in [0.2, 0.25) is 0 Å². The Morgan fingerprint density at radius 3 is 2.23 bits per heavy atom. The summed E-state index contributed by atoms with van der Waals surface area (Å²) in [7, 11) is -4.06. The number of hydrogen-bond donors (Lipinski definition) is 2. The van der Waals surface area contributed by atoms with Crippen molar-refractivity contribution in [3.8, 4) is 0 Å². The Hall–Kier alpha value is -2.48. The molecule has 7 nitrogen and oxygen atoms in total. The van der Waals surface area contributed by atoms with Gasteiger partial charge in [-0.15, -0.1) is 5.10 Å². The lowest BCUT2D eigenvalue weighted by Gasteiger charge is -2.16. The van der Waals surface area contributed by atoms with Crippen LogP contribution in [0.3, 0.4) is 0 Å². The van der Waals surface area contributed by atoms with Crippen molar-refractivity contribution in [3.05, 3.63) is 46.1 Å². The average molecular weight is 372 g/mol. The van der Waals surface area contributed by atoms with Crippen LogP contribution in [0.25, 0.3) is 0 Å². The van der Waals surface area contributed by atoms with Gasteiger partial charge in [-0.25, -0.2) is 9.52 Å². The van der Waals surface area contributed by atoms with Gasteiger partial charge >= 0.3 is 6.03 Å². The zero-order valence-corrected chi connectivity index (χ0v) is 15.3. The van der Waals surface area contributed by atoms with E-state index in [1.807, 2.05) is 4.72 Å². The number of carbonyl (C=O) groups excluding carboxylic acids is 1. The molecule has 0 saturated heterocycles. The van der Waals surface area contributed by atoms with Crippen molar-refractivity contribution >= 4 is 21.7 Å². The third kappa shape index (κ3) is 3.05. The van der Waals surface area contributed by atoms with Gasteiger partial charge in [-0.1, -0.05) is 6.07 Å². The fourth-order valence-electron chi connectivity index (χ4n) is 3.81. The van der Waals surface area contributed by atoms with E-state index >= 15 is 0 Å². The summed E-state index contributed by atoms with van der Waals surface area (Å²) in [5.41, 5.74) is 6.24. The standard InChI is InChI=1S/C18H20N4O3S/c1-11-8-9-16(21-20-11)26(24,25)22-18(23)19-17-14-6-2-4-12(14)10-13-5-3-7-15(13)17/h8-10H,2-7H2,1H3,(H2,19,22,23). The second kappa shape index (κ2) is 6.35. The number of urea groups is 1. The van der Waals surface area contributed by atoms with E-state index in [0.717, 1.165) is 55.3 Å². The van der Waals surface area contributed by atoms with Crippen LogP contribution in [0.2, 0.25) is 0 Å². The number of sulfonamides is 1. The molecule has 0 saturated carbocycles. The summed E-state index contributed by atoms with van der Waals surface area (Å²) in [4.78, 5) is 12.4. The van der Waals surface area contributed by atoms with Gasteiger partial charge < -0.3 is 5.32 Å². The summed E-state index contributed by atoms with van der Waals surface area (Å²) >= 11 is 0. The molecule has 136 valence electrons. The third-order valence-corrected chi connectivity index (χ3v) is 6.21. The van der Waals surface area contributed by atoms with Crippen LogP contribution in [-0.4, -0.2) is 24.6 Å². The van der Waals surface area contributed by atoms with Crippen molar-refractivity contribution in [2.75, 3.05) is 5.32 Å². The van der Waals surface area contributed by atoms with E-state index < -0.39 is 16.1 Å². The van der Waals surface area contributed by atoms with E-state index in [0.29, 0.717) is 5.69 Å². The SMILES string of the molecule is Cc1ccc(S(=O)(=O)NC(=O)Nc2c3c(cc4c2CCC4)CCC3)nn1. The molecule has 2 amide bonds. The molecule has 0 fully saturated rings. The first-order chi connectivity index (χ1) is 12.4. The molecule has 0 aliphatic heterocycles. The molecular formula is C18H20N4O3S. The molecule has 8 heteroatoms. The summed E-state index contributed by atoms with van der Waals surface area (Å²) in [6.07, 6.45) is 5.97. The summed E-state index contributed by atoms with van der Waals surface area (Å²) in [6, 6.07) is 4.36. The Balaban J connectivity index is 1.59. The van der Waals surface area contributed by atoms with Crippen LogP contribution in [0.4, 0.5) is 10.5 Å². The summed E-state index contributed by atoms with van der Waals surface area (Å²) in [6.45, 7) is 1.71. The number of nitrogens with zero attached hydrogens (tertiary/aromatic N) is 2. The largest absolute Gasteiger partial charge is 0.333 e. The molecule has 0 atom stereocenters. The maximum absolute atomic E-state index is 12.4. The van der Waals surface area contributed by atoms with Crippen molar-refractivity contribution in [2.24, 2.45) is 0 Å². The lowest BCUT2D eigenvalue weighted by molar-refractivity contribution is 0.256. The van der Waals surface area contributed by atoms with Crippen molar-refractivity contribution in [3.63, 3.8) is 0 Å². The highest BCUT2D eigenvalue weighted by atomic mass is 32.2. The van der Waals surface area contributed by atoms with E-state index in [9.17, 15) is 13.2 Å². The number of carbonyl (C=O) groups is 1. The van der Waals surface area contributed by atoms with Crippen LogP contribution in [0.15, 0.2) is 23.2 Å². The molecule has 0 radical (unpaired) electrons. The van der Waals surface area contributed by atoms with E-state index in [1.165, 1.54) is 23.3 Å². The number of fused-ring (bicyclic) bond motifs is 2. The van der Waals surface area contributed by atoms with Crippen LogP contribution >= 0.6 is 0 Å². The number of rotatable bonds is 3. The van der Waals surface area contributed by atoms with Crippen molar-refractivity contribution < 1.29 is 13.2 Å². The van der Waals surface area contributed by atoms with Crippen LogP contribution in [0.1, 0.15) is 40.8 Å². The molecule has 1 heterocycles. The van der Waals surface area contributed by atoms with Gasteiger partial charge in [-0.2, -0.15) is 13.5 Å². The normalized spacial score (nSPS) is 15.4. The number of aryl methyl sites for hydroxylation is 3. The number of nitrogens with one attached hydrogen (secondary N) is 2. The van der Waals surface area contributed by atoms with Crippen molar-refractivity contribution in [1.82, 2.24) is 14.9 Å². The third-order valence-electron chi connectivity index (χ3n) is 4.99. The molecule has 2 aliphatic carbocycles. The van der Waals surface area contributed by atoms with Gasteiger partial charge in [-0.05, 0) is 79.8 Å². The fourth-order valence-corrected chi connectivity index (χ4v) is 4.61. The van der Waals surface area contributed by atoms with Gasteiger partial charge in [0, 0.05) is 5.69 Å². The molecule has 0 bridgehead atoms. The maximum atomic E-state index is 12.4. The minimum Gasteiger partial charge on any atom is -0.307 e. The molecule has 4 rings (SSSR count). The quantitative estimate of drug-likeness (QED) is 0.861. The lowest BCUT2D eigenvalue weighted by atomic mass is 9.99. The summed E-state index contributed by atoms with van der Waals surface area (Å²) in [5.74, 6) is 0. The number of amides is 2. The highest BCUT2D eigenvalue weighted by molar-refractivity contribution is 7.90. The highest BCUT2D eigenvalue weighted by Gasteiger charge is 2.26. The molecule has 2 aliphatic rings. The van der Waals surface area contributed by atoms with Crippen molar-refractivity contribution in [2.45, 2.75) is 50.5 Å². The molecular weight excluding hydrogens is 352 g/mol. The second-order valence-corrected chi connectivity index (χ2v) is 8.44. The molecule has 26 heavy (non-hydrogen) atoms. The Kier molecular flexibility index (Phi) is 4.14. The van der Waals surface area contributed by atoms with Gasteiger partial charge in [0.05, 0.1) is 5.69 Å². The lowest BCUT2D eigenvalue weighted by Crippen LogP contribution is -2.35. The zero-order chi connectivity index (χ0) is 18.3. The zero-order valence-electron chi connectivity index (χ0n) is 14.5. The van der Waals surface area contributed by atoms with Crippen LogP contribution in [0.5, 0.6) is 0 Å². The van der Waals surface area contributed by atoms with Crippen LogP contribution < -0.4 is 10.0 Å². The van der Waals surface area contributed by atoms with Crippen molar-refractivity contribution in [1.29, 1.82) is 0 Å². The highest BCUT2D eigenvalue weighted by Crippen LogP contribution is 2.38. The predicted molar refractivity (Wildman–Crippen MR) is 96.6 cm³/mol. The first-order valence-corrected chi connectivity index (χ1v) is 10.2. The van der Waals surface area contributed by atoms with Gasteiger partial charge in [0.1, 0.15) is 0 Å². The van der Waals surface area contributed by atoms with Gasteiger partial charge in [-0.3, -0.25) is 0 Å². The van der Waals surface area contributed by atoms with E-state index in [-0.39, 0.29) is 5.03 Å². The summed E-state index contributed by atoms with van der Waals surface area (Å²) in [5, 5.41) is 9.90. The minimum atomic E-state index is -4.06. The first kappa shape index (κ1) is 17.0. The number of anilines is 1. The smallest absolute Gasteiger partial charge is 0.307 e. The molecule has 0 unspecified atom stereocenters. The number of aromatic nitrogens is 2. The average Bonchev–Trinajstić information content (AvgIpc) is 3.23. The monoisotopic (exact) mass is 372 g/mol. The second-order valence-electron chi connectivity index (χ2n) is 6.81. The van der Waals surface area contributed by atoms with Gasteiger partial charge in [0.15, 0.2) is 5.03 Å². The Morgan fingerprint density at radius 1 is 1.00 bits per heavy atom. The van der Waals surface area contributed by atoms with Crippen LogP contribution in [0, 0.1) is 6.92 Å².